The average Bonchev–Trinajstić information content (AvgIpc) is 3.17. The number of rotatable bonds is 5. The summed E-state index contributed by atoms with van der Waals surface area (Å²) >= 11 is 7.63. The molecule has 8 heteroatoms. The molecule has 1 amide bonds. The average molecular weight is 430 g/mol. The van der Waals surface area contributed by atoms with Gasteiger partial charge in [-0.2, -0.15) is 0 Å². The Morgan fingerprint density at radius 2 is 2.00 bits per heavy atom. The number of aromatic nitrogens is 2. The van der Waals surface area contributed by atoms with Crippen molar-refractivity contribution in [3.05, 3.63) is 58.9 Å². The summed E-state index contributed by atoms with van der Waals surface area (Å²) < 4.78 is 13.0. The lowest BCUT2D eigenvalue weighted by Gasteiger charge is -2.20. The summed E-state index contributed by atoms with van der Waals surface area (Å²) in [6.45, 7) is 5.11. The molecule has 0 bridgehead atoms. The Hall–Kier alpha value is -2.64. The van der Waals surface area contributed by atoms with Crippen LogP contribution in [0.5, 0.6) is 11.5 Å². The highest BCUT2D eigenvalue weighted by Crippen LogP contribution is 2.38. The second kappa shape index (κ2) is 8.39. The lowest BCUT2D eigenvalue weighted by molar-refractivity contribution is -0.113. The molecule has 1 N–H and O–H groups in total. The van der Waals surface area contributed by atoms with Crippen molar-refractivity contribution in [2.45, 2.75) is 19.0 Å². The summed E-state index contributed by atoms with van der Waals surface area (Å²) in [6, 6.07) is 9.49. The van der Waals surface area contributed by atoms with E-state index in [0.717, 1.165) is 10.8 Å². The number of halogens is 1. The first-order chi connectivity index (χ1) is 14.0. The summed E-state index contributed by atoms with van der Waals surface area (Å²) in [4.78, 5) is 16.9. The number of hydrogen-bond acceptors (Lipinski definition) is 5. The molecule has 150 valence electrons. The minimum absolute atomic E-state index is 0.177. The van der Waals surface area contributed by atoms with Gasteiger partial charge in [-0.15, -0.1) is 0 Å². The molecule has 1 aliphatic rings. The van der Waals surface area contributed by atoms with Crippen molar-refractivity contribution in [3.63, 3.8) is 0 Å². The second-order valence-corrected chi connectivity index (χ2v) is 7.96. The zero-order valence-corrected chi connectivity index (χ0v) is 17.6. The first-order valence-electron chi connectivity index (χ1n) is 9.14. The summed E-state index contributed by atoms with van der Waals surface area (Å²) in [5, 5.41) is 4.00. The van der Waals surface area contributed by atoms with Gasteiger partial charge in [-0.1, -0.05) is 35.5 Å². The van der Waals surface area contributed by atoms with Crippen LogP contribution in [-0.2, 0) is 4.79 Å². The van der Waals surface area contributed by atoms with Gasteiger partial charge >= 0.3 is 0 Å². The van der Waals surface area contributed by atoms with Crippen molar-refractivity contribution in [2.24, 2.45) is 0 Å². The second-order valence-electron chi connectivity index (χ2n) is 6.61. The molecule has 4 rings (SSSR count). The smallest absolute Gasteiger partial charge is 0.234 e. The third kappa shape index (κ3) is 4.21. The molecule has 0 unspecified atom stereocenters. The minimum Gasteiger partial charge on any atom is -0.486 e. The number of carbonyl (C=O) groups excluding carboxylic acids is 1. The normalized spacial score (nSPS) is 12.7. The number of benzene rings is 2. The molecule has 6 nitrogen and oxygen atoms in total. The van der Waals surface area contributed by atoms with Gasteiger partial charge in [-0.25, -0.2) is 4.98 Å². The highest BCUT2D eigenvalue weighted by molar-refractivity contribution is 7.99. The zero-order chi connectivity index (χ0) is 20.4. The maximum atomic E-state index is 12.5. The number of thioether (sulfide) groups is 1. The van der Waals surface area contributed by atoms with Gasteiger partial charge in [0.15, 0.2) is 16.7 Å². The van der Waals surface area contributed by atoms with E-state index in [2.05, 4.69) is 30.2 Å². The molecule has 0 saturated heterocycles. The van der Waals surface area contributed by atoms with Crippen LogP contribution in [0.3, 0.4) is 0 Å². The maximum Gasteiger partial charge on any atom is 0.234 e. The summed E-state index contributed by atoms with van der Waals surface area (Å²) in [5.74, 6) is 1.19. The monoisotopic (exact) mass is 429 g/mol. The fourth-order valence-corrected chi connectivity index (χ4v) is 4.02. The van der Waals surface area contributed by atoms with Crippen LogP contribution in [0.25, 0.3) is 5.69 Å². The molecule has 2 aromatic carbocycles. The molecule has 1 aromatic heterocycles. The fourth-order valence-electron chi connectivity index (χ4n) is 3.05. The van der Waals surface area contributed by atoms with Gasteiger partial charge < -0.3 is 14.8 Å². The topological polar surface area (TPSA) is 65.4 Å². The van der Waals surface area contributed by atoms with Crippen LogP contribution in [0.2, 0.25) is 5.02 Å². The van der Waals surface area contributed by atoms with E-state index in [4.69, 9.17) is 21.1 Å². The van der Waals surface area contributed by atoms with E-state index in [-0.39, 0.29) is 11.7 Å². The van der Waals surface area contributed by atoms with Crippen LogP contribution in [0, 0.1) is 13.8 Å². The SMILES string of the molecule is Cc1cccc(-n2ccnc2SCC(=O)Nc2cc3c(cc2Cl)OCCO3)c1C. The minimum atomic E-state index is -0.177. The first-order valence-corrected chi connectivity index (χ1v) is 10.5. The van der Waals surface area contributed by atoms with Crippen LogP contribution >= 0.6 is 23.4 Å². The Morgan fingerprint density at radius 3 is 2.79 bits per heavy atom. The van der Waals surface area contributed by atoms with Crippen LogP contribution in [0.1, 0.15) is 11.1 Å². The highest BCUT2D eigenvalue weighted by atomic mass is 35.5. The Balaban J connectivity index is 1.45. The number of nitrogens with zero attached hydrogens (tertiary/aromatic N) is 2. The molecule has 3 aromatic rings. The molecule has 0 aliphatic carbocycles. The lowest BCUT2D eigenvalue weighted by Crippen LogP contribution is -2.17. The van der Waals surface area contributed by atoms with E-state index < -0.39 is 0 Å². The van der Waals surface area contributed by atoms with E-state index in [9.17, 15) is 4.79 Å². The number of nitrogens with one attached hydrogen (secondary N) is 1. The molecule has 0 radical (unpaired) electrons. The Labute approximate surface area is 178 Å². The predicted octanol–water partition coefficient (Wildman–Crippen LogP) is 4.64. The number of imidazole rings is 1. The molecular formula is C21H20ClN3O3S. The molecule has 1 aliphatic heterocycles. The van der Waals surface area contributed by atoms with Crippen molar-refractivity contribution in [2.75, 3.05) is 24.3 Å². The van der Waals surface area contributed by atoms with E-state index in [1.165, 1.54) is 22.9 Å². The summed E-state index contributed by atoms with van der Waals surface area (Å²) in [5.41, 5.74) is 3.94. The fraction of sp³-hybridized carbons (Fsp3) is 0.238. The summed E-state index contributed by atoms with van der Waals surface area (Å²) in [6.07, 6.45) is 3.64. The standard InChI is InChI=1S/C21H20ClN3O3S/c1-13-4-3-5-17(14(13)2)25-7-6-23-21(25)29-12-20(26)24-16-11-19-18(10-15(16)22)27-8-9-28-19/h3-7,10-11H,8-9,12H2,1-2H3,(H,24,26). The molecular weight excluding hydrogens is 410 g/mol. The summed E-state index contributed by atoms with van der Waals surface area (Å²) in [7, 11) is 0. The van der Waals surface area contributed by atoms with E-state index in [0.29, 0.717) is 35.4 Å². The van der Waals surface area contributed by atoms with Gasteiger partial charge in [0.25, 0.3) is 0 Å². The Morgan fingerprint density at radius 1 is 1.24 bits per heavy atom. The number of aryl methyl sites for hydroxylation is 1. The quantitative estimate of drug-likeness (QED) is 0.598. The van der Waals surface area contributed by atoms with Crippen LogP contribution in [-0.4, -0.2) is 34.4 Å². The number of carbonyl (C=O) groups is 1. The van der Waals surface area contributed by atoms with Crippen LogP contribution in [0.4, 0.5) is 5.69 Å². The third-order valence-corrected chi connectivity index (χ3v) is 5.96. The van der Waals surface area contributed by atoms with Crippen molar-refractivity contribution in [1.29, 1.82) is 0 Å². The molecule has 0 atom stereocenters. The van der Waals surface area contributed by atoms with Crippen molar-refractivity contribution in [3.8, 4) is 17.2 Å². The number of amides is 1. The van der Waals surface area contributed by atoms with Crippen molar-refractivity contribution < 1.29 is 14.3 Å². The number of fused-ring (bicyclic) bond motifs is 1. The van der Waals surface area contributed by atoms with Gasteiger partial charge in [-0.05, 0) is 31.0 Å². The molecule has 0 fully saturated rings. The number of hydrogen-bond donors (Lipinski definition) is 1. The molecule has 0 spiro atoms. The van der Waals surface area contributed by atoms with Gasteiger partial charge in [-0.3, -0.25) is 9.36 Å². The third-order valence-electron chi connectivity index (χ3n) is 4.68. The number of ether oxygens (including phenoxy) is 2. The van der Waals surface area contributed by atoms with Gasteiger partial charge in [0.1, 0.15) is 13.2 Å². The highest BCUT2D eigenvalue weighted by Gasteiger charge is 2.17. The van der Waals surface area contributed by atoms with Crippen LogP contribution < -0.4 is 14.8 Å². The Bertz CT molecular complexity index is 1070. The molecule has 29 heavy (non-hydrogen) atoms. The van der Waals surface area contributed by atoms with Gasteiger partial charge in [0, 0.05) is 24.5 Å². The predicted molar refractivity (Wildman–Crippen MR) is 115 cm³/mol. The van der Waals surface area contributed by atoms with E-state index in [1.54, 1.807) is 18.3 Å². The lowest BCUT2D eigenvalue weighted by atomic mass is 10.1. The van der Waals surface area contributed by atoms with Crippen molar-refractivity contribution >= 4 is 35.0 Å². The van der Waals surface area contributed by atoms with E-state index >= 15 is 0 Å². The first kappa shape index (κ1) is 19.7. The maximum absolute atomic E-state index is 12.5. The van der Waals surface area contributed by atoms with Crippen LogP contribution in [0.15, 0.2) is 47.9 Å². The Kier molecular flexibility index (Phi) is 5.69. The van der Waals surface area contributed by atoms with E-state index in [1.807, 2.05) is 22.9 Å². The molecule has 2 heterocycles. The van der Waals surface area contributed by atoms with Gasteiger partial charge in [0.2, 0.25) is 5.91 Å². The molecule has 0 saturated carbocycles. The van der Waals surface area contributed by atoms with Gasteiger partial charge in [0.05, 0.1) is 22.2 Å². The largest absolute Gasteiger partial charge is 0.486 e. The van der Waals surface area contributed by atoms with Crippen molar-refractivity contribution in [1.82, 2.24) is 9.55 Å². The zero-order valence-electron chi connectivity index (χ0n) is 16.1. The number of anilines is 1.